The third-order valence-electron chi connectivity index (χ3n) is 3.16. The van der Waals surface area contributed by atoms with E-state index in [1.807, 2.05) is 19.9 Å². The summed E-state index contributed by atoms with van der Waals surface area (Å²) in [5.41, 5.74) is 2.54. The van der Waals surface area contributed by atoms with E-state index in [-0.39, 0.29) is 12.0 Å². The van der Waals surface area contributed by atoms with Crippen LogP contribution >= 0.6 is 0 Å². The Bertz CT molecular complexity index is 397. The second-order valence-corrected chi connectivity index (χ2v) is 4.58. The van der Waals surface area contributed by atoms with Crippen molar-refractivity contribution in [2.24, 2.45) is 11.8 Å². The van der Waals surface area contributed by atoms with Crippen LogP contribution in [0.1, 0.15) is 19.2 Å². The Morgan fingerprint density at radius 3 is 2.94 bits per heavy atom. The Morgan fingerprint density at radius 1 is 1.53 bits per heavy atom. The molecule has 0 spiro atoms. The van der Waals surface area contributed by atoms with Crippen LogP contribution in [-0.2, 0) is 0 Å². The molecule has 94 valence electrons. The number of hydrazine groups is 1. The second-order valence-electron chi connectivity index (χ2n) is 4.58. The molecule has 1 aromatic rings. The van der Waals surface area contributed by atoms with Gasteiger partial charge in [-0.05, 0) is 19.3 Å². The van der Waals surface area contributed by atoms with Crippen molar-refractivity contribution in [2.75, 3.05) is 23.4 Å². The van der Waals surface area contributed by atoms with Gasteiger partial charge in [-0.25, -0.2) is 15.8 Å². The lowest BCUT2D eigenvalue weighted by molar-refractivity contribution is 0.0969. The van der Waals surface area contributed by atoms with Crippen molar-refractivity contribution >= 4 is 11.6 Å². The molecule has 0 amide bonds. The normalized spacial score (nSPS) is 24.8. The minimum absolute atomic E-state index is 0.207. The third kappa shape index (κ3) is 2.65. The number of aryl methyl sites for hydroxylation is 1. The van der Waals surface area contributed by atoms with Crippen molar-refractivity contribution in [3.05, 3.63) is 11.9 Å². The maximum atomic E-state index is 9.71. The molecule has 2 heterocycles. The van der Waals surface area contributed by atoms with Gasteiger partial charge in [-0.3, -0.25) is 0 Å². The van der Waals surface area contributed by atoms with Gasteiger partial charge >= 0.3 is 0 Å². The van der Waals surface area contributed by atoms with Crippen LogP contribution in [0.25, 0.3) is 0 Å². The molecule has 4 N–H and O–H groups in total. The zero-order valence-corrected chi connectivity index (χ0v) is 10.2. The maximum Gasteiger partial charge on any atom is 0.145 e. The number of nitrogens with one attached hydrogen (secondary N) is 1. The van der Waals surface area contributed by atoms with Crippen molar-refractivity contribution in [1.29, 1.82) is 0 Å². The van der Waals surface area contributed by atoms with E-state index in [0.717, 1.165) is 25.3 Å². The lowest BCUT2D eigenvalue weighted by Gasteiger charge is -2.35. The molecule has 6 nitrogen and oxygen atoms in total. The maximum absolute atomic E-state index is 9.71. The molecule has 1 aliphatic heterocycles. The zero-order valence-electron chi connectivity index (χ0n) is 10.2. The largest absolute Gasteiger partial charge is 0.393 e. The number of hydrogen-bond donors (Lipinski definition) is 3. The Kier molecular flexibility index (Phi) is 3.44. The van der Waals surface area contributed by atoms with Gasteiger partial charge in [0.15, 0.2) is 0 Å². The summed E-state index contributed by atoms with van der Waals surface area (Å²) in [5.74, 6) is 7.80. The van der Waals surface area contributed by atoms with E-state index in [0.29, 0.717) is 11.6 Å². The highest BCUT2D eigenvalue weighted by molar-refractivity contribution is 5.49. The molecule has 17 heavy (non-hydrogen) atoms. The minimum Gasteiger partial charge on any atom is -0.393 e. The smallest absolute Gasteiger partial charge is 0.145 e. The van der Waals surface area contributed by atoms with Crippen molar-refractivity contribution in [3.8, 4) is 0 Å². The molecule has 1 saturated heterocycles. The minimum atomic E-state index is -0.207. The predicted octanol–water partition coefficient (Wildman–Crippen LogP) is 0.278. The quantitative estimate of drug-likeness (QED) is 0.506. The number of hydrogen-bond acceptors (Lipinski definition) is 6. The highest BCUT2D eigenvalue weighted by Crippen LogP contribution is 2.23. The van der Waals surface area contributed by atoms with E-state index < -0.39 is 0 Å². The number of nitrogens with two attached hydrogens (primary N) is 1. The Labute approximate surface area is 101 Å². The van der Waals surface area contributed by atoms with Gasteiger partial charge in [0.1, 0.15) is 17.5 Å². The Balaban J connectivity index is 2.19. The van der Waals surface area contributed by atoms with Gasteiger partial charge in [0.05, 0.1) is 6.10 Å². The van der Waals surface area contributed by atoms with E-state index in [1.54, 1.807) is 0 Å². The number of nitrogens with zero attached hydrogens (tertiary/aromatic N) is 3. The van der Waals surface area contributed by atoms with Crippen LogP contribution in [0.3, 0.4) is 0 Å². The number of nitrogen functional groups attached to an aromatic ring is 1. The van der Waals surface area contributed by atoms with Crippen LogP contribution in [0, 0.1) is 12.8 Å². The van der Waals surface area contributed by atoms with Crippen LogP contribution in [0.4, 0.5) is 11.6 Å². The Morgan fingerprint density at radius 2 is 2.29 bits per heavy atom. The average molecular weight is 237 g/mol. The summed E-state index contributed by atoms with van der Waals surface area (Å²) in [6, 6.07) is 1.83. The van der Waals surface area contributed by atoms with E-state index in [2.05, 4.69) is 20.3 Å². The monoisotopic (exact) mass is 237 g/mol. The molecule has 1 fully saturated rings. The summed E-state index contributed by atoms with van der Waals surface area (Å²) >= 11 is 0. The second kappa shape index (κ2) is 4.85. The van der Waals surface area contributed by atoms with Gasteiger partial charge in [0.2, 0.25) is 0 Å². The molecular formula is C11H19N5O. The van der Waals surface area contributed by atoms with Gasteiger partial charge in [-0.2, -0.15) is 0 Å². The topological polar surface area (TPSA) is 87.3 Å². The number of aromatic nitrogens is 2. The van der Waals surface area contributed by atoms with Crippen LogP contribution < -0.4 is 16.2 Å². The standard InChI is InChI=1S/C11H19N5O/c1-7-6-16(4-3-9(7)17)11-5-10(15-12)13-8(2)14-11/h5,7,9,17H,3-4,6,12H2,1-2H3,(H,13,14,15). The lowest BCUT2D eigenvalue weighted by Crippen LogP contribution is -2.42. The molecule has 0 aromatic carbocycles. The molecule has 2 atom stereocenters. The van der Waals surface area contributed by atoms with E-state index in [4.69, 9.17) is 5.84 Å². The molecule has 0 radical (unpaired) electrons. The first-order valence-electron chi connectivity index (χ1n) is 5.85. The molecule has 0 aliphatic carbocycles. The van der Waals surface area contributed by atoms with Gasteiger partial charge in [0.25, 0.3) is 0 Å². The summed E-state index contributed by atoms with van der Waals surface area (Å²) < 4.78 is 0. The molecule has 0 bridgehead atoms. The van der Waals surface area contributed by atoms with Crippen LogP contribution in [-0.4, -0.2) is 34.3 Å². The summed E-state index contributed by atoms with van der Waals surface area (Å²) in [4.78, 5) is 10.7. The van der Waals surface area contributed by atoms with E-state index >= 15 is 0 Å². The van der Waals surface area contributed by atoms with Crippen LogP contribution in [0.5, 0.6) is 0 Å². The first kappa shape index (κ1) is 12.1. The summed E-state index contributed by atoms with van der Waals surface area (Å²) in [5, 5.41) is 9.71. The molecule has 0 saturated carbocycles. The predicted molar refractivity (Wildman–Crippen MR) is 66.6 cm³/mol. The molecule has 2 unspecified atom stereocenters. The molecule has 1 aromatic heterocycles. The first-order valence-corrected chi connectivity index (χ1v) is 5.85. The fourth-order valence-electron chi connectivity index (χ4n) is 2.13. The fourth-order valence-corrected chi connectivity index (χ4v) is 2.13. The van der Waals surface area contributed by atoms with E-state index in [9.17, 15) is 5.11 Å². The molecule has 6 heteroatoms. The number of aliphatic hydroxyl groups excluding tert-OH is 1. The number of anilines is 2. The SMILES string of the molecule is Cc1nc(NN)cc(N2CCC(O)C(C)C2)n1. The number of aliphatic hydroxyl groups is 1. The highest BCUT2D eigenvalue weighted by atomic mass is 16.3. The molecular weight excluding hydrogens is 218 g/mol. The highest BCUT2D eigenvalue weighted by Gasteiger charge is 2.25. The first-order chi connectivity index (χ1) is 8.10. The summed E-state index contributed by atoms with van der Waals surface area (Å²) in [6.45, 7) is 5.51. The fraction of sp³-hybridized carbons (Fsp3) is 0.636. The lowest BCUT2D eigenvalue weighted by atomic mass is 9.97. The van der Waals surface area contributed by atoms with E-state index in [1.165, 1.54) is 0 Å². The average Bonchev–Trinajstić information content (AvgIpc) is 2.32. The number of piperidine rings is 1. The number of rotatable bonds is 2. The van der Waals surface area contributed by atoms with Crippen molar-refractivity contribution in [3.63, 3.8) is 0 Å². The van der Waals surface area contributed by atoms with Crippen LogP contribution in [0.2, 0.25) is 0 Å². The van der Waals surface area contributed by atoms with Crippen LogP contribution in [0.15, 0.2) is 6.07 Å². The van der Waals surface area contributed by atoms with Gasteiger partial charge in [-0.15, -0.1) is 0 Å². The molecule has 1 aliphatic rings. The van der Waals surface area contributed by atoms with Crippen molar-refractivity contribution in [2.45, 2.75) is 26.4 Å². The van der Waals surface area contributed by atoms with Gasteiger partial charge in [-0.1, -0.05) is 6.92 Å². The Hall–Kier alpha value is -1.40. The van der Waals surface area contributed by atoms with Gasteiger partial charge < -0.3 is 15.4 Å². The van der Waals surface area contributed by atoms with Gasteiger partial charge in [0, 0.05) is 19.2 Å². The van der Waals surface area contributed by atoms with Crippen molar-refractivity contribution < 1.29 is 5.11 Å². The summed E-state index contributed by atoms with van der Waals surface area (Å²) in [7, 11) is 0. The third-order valence-corrected chi connectivity index (χ3v) is 3.16. The molecule has 2 rings (SSSR count). The van der Waals surface area contributed by atoms with Crippen molar-refractivity contribution in [1.82, 2.24) is 9.97 Å². The summed E-state index contributed by atoms with van der Waals surface area (Å²) in [6.07, 6.45) is 0.566. The zero-order chi connectivity index (χ0) is 12.4.